The van der Waals surface area contributed by atoms with Crippen LogP contribution >= 0.6 is 0 Å². The van der Waals surface area contributed by atoms with E-state index < -0.39 is 0 Å². The van der Waals surface area contributed by atoms with E-state index in [9.17, 15) is 9.90 Å². The van der Waals surface area contributed by atoms with Crippen molar-refractivity contribution in [1.29, 1.82) is 0 Å². The number of rotatable bonds is 5. The number of urea groups is 1. The molecule has 1 aliphatic heterocycles. The summed E-state index contributed by atoms with van der Waals surface area (Å²) >= 11 is 0. The maximum absolute atomic E-state index is 12.4. The number of aromatic nitrogens is 2. The molecule has 1 aliphatic rings. The van der Waals surface area contributed by atoms with Gasteiger partial charge in [0.2, 0.25) is 0 Å². The minimum Gasteiger partial charge on any atom is -0.394 e. The number of nitrogens with one attached hydrogen (secondary N) is 1. The Morgan fingerprint density at radius 2 is 2.25 bits per heavy atom. The largest absolute Gasteiger partial charge is 0.394 e. The van der Waals surface area contributed by atoms with E-state index in [4.69, 9.17) is 0 Å². The van der Waals surface area contributed by atoms with E-state index in [1.807, 2.05) is 22.9 Å². The fraction of sp³-hybridized carbons (Fsp3) is 0.444. The van der Waals surface area contributed by atoms with E-state index in [1.54, 1.807) is 17.4 Å². The summed E-state index contributed by atoms with van der Waals surface area (Å²) in [7, 11) is 0. The Morgan fingerprint density at radius 3 is 3.00 bits per heavy atom. The van der Waals surface area contributed by atoms with Gasteiger partial charge in [-0.1, -0.05) is 31.2 Å². The van der Waals surface area contributed by atoms with Crippen LogP contribution in [-0.2, 0) is 13.1 Å². The third-order valence-electron chi connectivity index (χ3n) is 4.69. The predicted octanol–water partition coefficient (Wildman–Crippen LogP) is 1.84. The second kappa shape index (κ2) is 7.49. The van der Waals surface area contributed by atoms with Crippen LogP contribution in [0.2, 0.25) is 0 Å². The Hall–Kier alpha value is -2.34. The Morgan fingerprint density at radius 1 is 1.42 bits per heavy atom. The lowest BCUT2D eigenvalue weighted by molar-refractivity contribution is 0.143. The molecule has 1 aromatic heterocycles. The molecule has 6 heteroatoms. The van der Waals surface area contributed by atoms with E-state index in [-0.39, 0.29) is 18.7 Å². The van der Waals surface area contributed by atoms with Gasteiger partial charge in [-0.25, -0.2) is 9.78 Å². The van der Waals surface area contributed by atoms with Crippen LogP contribution in [0.25, 0.3) is 0 Å². The van der Waals surface area contributed by atoms with Gasteiger partial charge in [-0.3, -0.25) is 0 Å². The van der Waals surface area contributed by atoms with Crippen LogP contribution in [0, 0.1) is 5.92 Å². The van der Waals surface area contributed by atoms with Gasteiger partial charge in [-0.15, -0.1) is 0 Å². The van der Waals surface area contributed by atoms with Gasteiger partial charge in [0.1, 0.15) is 0 Å². The number of amides is 2. The molecule has 2 atom stereocenters. The van der Waals surface area contributed by atoms with Crippen molar-refractivity contribution >= 4 is 6.03 Å². The molecule has 0 saturated carbocycles. The summed E-state index contributed by atoms with van der Waals surface area (Å²) in [6.07, 6.45) is 6.42. The van der Waals surface area contributed by atoms with Crippen molar-refractivity contribution in [3.63, 3.8) is 0 Å². The second-order valence-corrected chi connectivity index (χ2v) is 6.42. The Bertz CT molecular complexity index is 671. The van der Waals surface area contributed by atoms with Gasteiger partial charge in [-0.2, -0.15) is 0 Å². The summed E-state index contributed by atoms with van der Waals surface area (Å²) in [6.45, 7) is 4.05. The molecule has 3 rings (SSSR count). The molecule has 6 nitrogen and oxygen atoms in total. The molecule has 0 radical (unpaired) electrons. The lowest BCUT2D eigenvalue weighted by Crippen LogP contribution is -2.45. The molecule has 2 N–H and O–H groups in total. The van der Waals surface area contributed by atoms with Gasteiger partial charge >= 0.3 is 6.03 Å². The standard InChI is InChI=1S/C18H24N4O2/c1-14-5-7-22(17(14)12-23)18(24)20-10-15-3-2-4-16(9-15)11-21-8-6-19-13-21/h2-4,6,8-9,13-14,17,23H,5,7,10-12H2,1H3,(H,20,24)/t14-,17+/m0/s1. The van der Waals surface area contributed by atoms with E-state index >= 15 is 0 Å². The van der Waals surface area contributed by atoms with Crippen molar-refractivity contribution < 1.29 is 9.90 Å². The molecule has 0 aliphatic carbocycles. The van der Waals surface area contributed by atoms with Gasteiger partial charge < -0.3 is 19.9 Å². The van der Waals surface area contributed by atoms with Crippen molar-refractivity contribution in [2.45, 2.75) is 32.5 Å². The summed E-state index contributed by atoms with van der Waals surface area (Å²) in [5.74, 6) is 0.347. The summed E-state index contributed by atoms with van der Waals surface area (Å²) < 4.78 is 2.01. The highest BCUT2D eigenvalue weighted by Crippen LogP contribution is 2.23. The molecule has 2 amide bonds. The lowest BCUT2D eigenvalue weighted by atomic mass is 10.0. The third kappa shape index (κ3) is 3.76. The SMILES string of the molecule is C[C@H]1CCN(C(=O)NCc2cccc(Cn3ccnc3)c2)[C@@H]1CO. The molecule has 0 spiro atoms. The van der Waals surface area contributed by atoms with Crippen LogP contribution in [-0.4, -0.2) is 44.8 Å². The topological polar surface area (TPSA) is 70.4 Å². The molecule has 24 heavy (non-hydrogen) atoms. The first-order chi connectivity index (χ1) is 11.7. The van der Waals surface area contributed by atoms with Gasteiger partial charge in [0.15, 0.2) is 0 Å². The highest BCUT2D eigenvalue weighted by Gasteiger charge is 2.33. The van der Waals surface area contributed by atoms with Crippen LogP contribution < -0.4 is 5.32 Å². The molecule has 1 fully saturated rings. The monoisotopic (exact) mass is 328 g/mol. The fourth-order valence-electron chi connectivity index (χ4n) is 3.25. The molecular formula is C18H24N4O2. The Balaban J connectivity index is 1.57. The smallest absolute Gasteiger partial charge is 0.318 e. The first kappa shape index (κ1) is 16.5. The number of carbonyl (C=O) groups is 1. The predicted molar refractivity (Wildman–Crippen MR) is 91.4 cm³/mol. The number of hydrogen-bond acceptors (Lipinski definition) is 3. The number of benzene rings is 1. The quantitative estimate of drug-likeness (QED) is 0.880. The van der Waals surface area contributed by atoms with Crippen molar-refractivity contribution in [3.05, 3.63) is 54.1 Å². The number of hydrogen-bond donors (Lipinski definition) is 2. The fourth-order valence-corrected chi connectivity index (χ4v) is 3.25. The summed E-state index contributed by atoms with van der Waals surface area (Å²) in [5.41, 5.74) is 2.23. The number of imidazole rings is 1. The lowest BCUT2D eigenvalue weighted by Gasteiger charge is -2.25. The van der Waals surface area contributed by atoms with Crippen LogP contribution in [0.4, 0.5) is 4.79 Å². The van der Waals surface area contributed by atoms with E-state index in [0.29, 0.717) is 19.0 Å². The average Bonchev–Trinajstić information content (AvgIpc) is 3.22. The van der Waals surface area contributed by atoms with Crippen molar-refractivity contribution in [2.24, 2.45) is 5.92 Å². The zero-order valence-corrected chi connectivity index (χ0v) is 13.9. The summed E-state index contributed by atoms with van der Waals surface area (Å²) in [4.78, 5) is 18.2. The van der Waals surface area contributed by atoms with Gasteiger partial charge in [-0.05, 0) is 23.5 Å². The summed E-state index contributed by atoms with van der Waals surface area (Å²) in [6, 6.07) is 8.00. The van der Waals surface area contributed by atoms with E-state index in [1.165, 1.54) is 5.56 Å². The maximum Gasteiger partial charge on any atom is 0.318 e. The molecule has 1 aromatic carbocycles. The van der Waals surface area contributed by atoms with Crippen LogP contribution in [0.3, 0.4) is 0 Å². The van der Waals surface area contributed by atoms with Crippen molar-refractivity contribution in [3.8, 4) is 0 Å². The van der Waals surface area contributed by atoms with Gasteiger partial charge in [0.25, 0.3) is 0 Å². The number of nitrogens with zero attached hydrogens (tertiary/aromatic N) is 3. The zero-order valence-electron chi connectivity index (χ0n) is 13.9. The molecule has 0 unspecified atom stereocenters. The zero-order chi connectivity index (χ0) is 16.9. The molecule has 128 valence electrons. The first-order valence-electron chi connectivity index (χ1n) is 8.36. The first-order valence-corrected chi connectivity index (χ1v) is 8.36. The molecule has 0 bridgehead atoms. The third-order valence-corrected chi connectivity index (χ3v) is 4.69. The second-order valence-electron chi connectivity index (χ2n) is 6.42. The number of aliphatic hydroxyl groups is 1. The number of carbonyl (C=O) groups excluding carboxylic acids is 1. The van der Waals surface area contributed by atoms with Gasteiger partial charge in [0, 0.05) is 32.0 Å². The van der Waals surface area contributed by atoms with Gasteiger partial charge in [0.05, 0.1) is 19.0 Å². The Kier molecular flexibility index (Phi) is 5.15. The highest BCUT2D eigenvalue weighted by molar-refractivity contribution is 5.75. The average molecular weight is 328 g/mol. The normalized spacial score (nSPS) is 20.3. The van der Waals surface area contributed by atoms with E-state index in [2.05, 4.69) is 29.4 Å². The molecule has 2 heterocycles. The number of aliphatic hydroxyl groups excluding tert-OH is 1. The van der Waals surface area contributed by atoms with Crippen LogP contribution in [0.1, 0.15) is 24.5 Å². The van der Waals surface area contributed by atoms with E-state index in [0.717, 1.165) is 18.5 Å². The minimum atomic E-state index is -0.0987. The molecule has 2 aromatic rings. The van der Waals surface area contributed by atoms with Crippen LogP contribution in [0.15, 0.2) is 43.0 Å². The molecular weight excluding hydrogens is 304 g/mol. The maximum atomic E-state index is 12.4. The number of likely N-dealkylation sites (tertiary alicyclic amines) is 1. The van der Waals surface area contributed by atoms with Crippen molar-refractivity contribution in [2.75, 3.05) is 13.2 Å². The van der Waals surface area contributed by atoms with Crippen LogP contribution in [0.5, 0.6) is 0 Å². The summed E-state index contributed by atoms with van der Waals surface area (Å²) in [5, 5.41) is 12.4. The molecule has 1 saturated heterocycles. The minimum absolute atomic E-state index is 0.0228. The highest BCUT2D eigenvalue weighted by atomic mass is 16.3. The van der Waals surface area contributed by atoms with Crippen molar-refractivity contribution in [1.82, 2.24) is 19.8 Å². The Labute approximate surface area is 142 Å².